The maximum absolute atomic E-state index is 11.9. The number of aliphatic hydroxyl groups excluding tert-OH is 1. The van der Waals surface area contributed by atoms with Gasteiger partial charge >= 0.3 is 5.97 Å². The summed E-state index contributed by atoms with van der Waals surface area (Å²) in [4.78, 5) is 21.7. The quantitative estimate of drug-likeness (QED) is 0.126. The monoisotopic (exact) mass is 448 g/mol. The second-order valence-corrected chi connectivity index (χ2v) is 8.49. The van der Waals surface area contributed by atoms with Gasteiger partial charge < -0.3 is 24.8 Å². The molecule has 1 aliphatic rings. The Hall–Kier alpha value is -0.770. The van der Waals surface area contributed by atoms with Gasteiger partial charge in [0.25, 0.3) is 5.79 Å². The molecule has 1 aliphatic heterocycles. The van der Waals surface area contributed by atoms with Crippen LogP contribution in [0.1, 0.15) is 96.8 Å². The first-order valence-electron chi connectivity index (χ1n) is 12.1. The molecule has 8 heteroatoms. The van der Waals surface area contributed by atoms with Crippen LogP contribution in [0.3, 0.4) is 0 Å². The number of unbranched alkanes of at least 4 members (excludes halogenated alkanes) is 12. The van der Waals surface area contributed by atoms with Crippen molar-refractivity contribution in [3.05, 3.63) is 0 Å². The van der Waals surface area contributed by atoms with Crippen molar-refractivity contribution in [2.75, 3.05) is 26.4 Å². The van der Waals surface area contributed by atoms with Crippen molar-refractivity contribution in [1.82, 2.24) is 0 Å². The molecule has 2 atom stereocenters. The molecule has 1 heterocycles. The van der Waals surface area contributed by atoms with Crippen LogP contribution in [0.2, 0.25) is 0 Å². The van der Waals surface area contributed by atoms with Gasteiger partial charge in [-0.25, -0.2) is 14.6 Å². The second-order valence-electron chi connectivity index (χ2n) is 8.49. The van der Waals surface area contributed by atoms with E-state index in [0.29, 0.717) is 13.0 Å². The molecule has 1 saturated heterocycles. The summed E-state index contributed by atoms with van der Waals surface area (Å²) >= 11 is 0. The Labute approximate surface area is 187 Å². The number of carbonyl (C=O) groups excluding carboxylic acids is 1. The third kappa shape index (κ3) is 13.4. The van der Waals surface area contributed by atoms with Gasteiger partial charge in [-0.1, -0.05) is 90.4 Å². The number of ether oxygens (including phenoxy) is 2. The van der Waals surface area contributed by atoms with Gasteiger partial charge in [0.1, 0.15) is 19.3 Å². The fourth-order valence-corrected chi connectivity index (χ4v) is 3.52. The van der Waals surface area contributed by atoms with E-state index >= 15 is 0 Å². The van der Waals surface area contributed by atoms with Crippen LogP contribution in [0.25, 0.3) is 0 Å². The molecule has 0 aromatic rings. The summed E-state index contributed by atoms with van der Waals surface area (Å²) in [6.45, 7) is 2.78. The van der Waals surface area contributed by atoms with Gasteiger partial charge in [-0.3, -0.25) is 0 Å². The van der Waals surface area contributed by atoms with Gasteiger partial charge in [-0.05, 0) is 6.42 Å². The molecule has 2 unspecified atom stereocenters. The average Bonchev–Trinajstić information content (AvgIpc) is 3.03. The van der Waals surface area contributed by atoms with Crippen molar-refractivity contribution in [3.63, 3.8) is 0 Å². The molecule has 0 saturated carbocycles. The number of carbonyl (C=O) groups is 1. The molecule has 8 nitrogen and oxygen atoms in total. The molecule has 0 amide bonds. The van der Waals surface area contributed by atoms with Crippen LogP contribution in [0.15, 0.2) is 0 Å². The van der Waals surface area contributed by atoms with Crippen molar-refractivity contribution in [3.8, 4) is 0 Å². The molecule has 184 valence electrons. The van der Waals surface area contributed by atoms with Gasteiger partial charge in [0, 0.05) is 0 Å². The van der Waals surface area contributed by atoms with Crippen LogP contribution < -0.4 is 0 Å². The predicted molar refractivity (Wildman–Crippen MR) is 116 cm³/mol. The molecule has 0 aromatic carbocycles. The Balaban J connectivity index is 2.03. The lowest BCUT2D eigenvalue weighted by atomic mass is 10.0. The van der Waals surface area contributed by atoms with Crippen molar-refractivity contribution < 1.29 is 39.4 Å². The van der Waals surface area contributed by atoms with Gasteiger partial charge in [0.15, 0.2) is 6.10 Å². The molecular formula is C23H44O8. The second kappa shape index (κ2) is 17.7. The SMILES string of the molecule is CCCCCCCCCCCCCCCC(O)C(O)(O)C(=O)OCC1COCCOO1. The Morgan fingerprint density at radius 1 is 0.935 bits per heavy atom. The summed E-state index contributed by atoms with van der Waals surface area (Å²) in [7, 11) is 0. The lowest BCUT2D eigenvalue weighted by Gasteiger charge is -2.25. The summed E-state index contributed by atoms with van der Waals surface area (Å²) < 4.78 is 10.0. The predicted octanol–water partition coefficient (Wildman–Crippen LogP) is 3.40. The maximum Gasteiger partial charge on any atom is 0.369 e. The van der Waals surface area contributed by atoms with Gasteiger partial charge in [0.05, 0.1) is 13.2 Å². The number of esters is 1. The Bertz CT molecular complexity index is 435. The average molecular weight is 449 g/mol. The largest absolute Gasteiger partial charge is 0.459 e. The molecule has 0 spiro atoms. The van der Waals surface area contributed by atoms with E-state index in [1.54, 1.807) is 0 Å². The number of hydrogen-bond acceptors (Lipinski definition) is 8. The van der Waals surface area contributed by atoms with Crippen LogP contribution in [0.4, 0.5) is 0 Å². The Morgan fingerprint density at radius 3 is 2.06 bits per heavy atom. The minimum atomic E-state index is -2.94. The Kier molecular flexibility index (Phi) is 16.2. The maximum atomic E-state index is 11.9. The zero-order valence-electron chi connectivity index (χ0n) is 19.3. The number of rotatable bonds is 18. The van der Waals surface area contributed by atoms with Crippen molar-refractivity contribution >= 4 is 5.97 Å². The van der Waals surface area contributed by atoms with Crippen LogP contribution in [0.5, 0.6) is 0 Å². The summed E-state index contributed by atoms with van der Waals surface area (Å²) in [5.41, 5.74) is 0. The third-order valence-electron chi connectivity index (χ3n) is 5.57. The fraction of sp³-hybridized carbons (Fsp3) is 0.957. The molecule has 31 heavy (non-hydrogen) atoms. The van der Waals surface area contributed by atoms with Crippen LogP contribution >= 0.6 is 0 Å². The normalized spacial score (nSPS) is 18.5. The lowest BCUT2D eigenvalue weighted by molar-refractivity contribution is -0.321. The Morgan fingerprint density at radius 2 is 1.48 bits per heavy atom. The number of hydrogen-bond donors (Lipinski definition) is 3. The minimum Gasteiger partial charge on any atom is -0.459 e. The van der Waals surface area contributed by atoms with E-state index in [1.165, 1.54) is 57.8 Å². The van der Waals surface area contributed by atoms with Gasteiger partial charge in [0.2, 0.25) is 0 Å². The standard InChI is InChI=1S/C23H44O8/c1-2-3-4-5-6-7-8-9-10-11-12-13-14-15-21(24)23(26,27)22(25)29-19-20-18-28-16-17-30-31-20/h20-21,24,26-27H,2-19H2,1H3. The molecule has 0 radical (unpaired) electrons. The van der Waals surface area contributed by atoms with E-state index in [2.05, 4.69) is 6.92 Å². The highest BCUT2D eigenvalue weighted by Crippen LogP contribution is 2.18. The molecule has 0 aromatic heterocycles. The van der Waals surface area contributed by atoms with Gasteiger partial charge in [-0.15, -0.1) is 0 Å². The lowest BCUT2D eigenvalue weighted by Crippen LogP contribution is -2.51. The summed E-state index contributed by atoms with van der Waals surface area (Å²) in [5.74, 6) is -4.24. The summed E-state index contributed by atoms with van der Waals surface area (Å²) in [6, 6.07) is 0. The molecule has 1 fully saturated rings. The van der Waals surface area contributed by atoms with E-state index in [0.717, 1.165) is 19.3 Å². The van der Waals surface area contributed by atoms with Crippen molar-refractivity contribution in [1.29, 1.82) is 0 Å². The van der Waals surface area contributed by atoms with E-state index in [-0.39, 0.29) is 26.2 Å². The van der Waals surface area contributed by atoms with Crippen LogP contribution in [0, 0.1) is 0 Å². The van der Waals surface area contributed by atoms with Crippen LogP contribution in [-0.2, 0) is 24.0 Å². The third-order valence-corrected chi connectivity index (χ3v) is 5.57. The van der Waals surface area contributed by atoms with Crippen LogP contribution in [-0.4, -0.2) is 65.7 Å². The molecular weight excluding hydrogens is 404 g/mol. The van der Waals surface area contributed by atoms with Crippen molar-refractivity contribution in [2.24, 2.45) is 0 Å². The highest BCUT2D eigenvalue weighted by atomic mass is 17.2. The first-order chi connectivity index (χ1) is 15.0. The first-order valence-corrected chi connectivity index (χ1v) is 12.1. The summed E-state index contributed by atoms with van der Waals surface area (Å²) in [6.07, 6.45) is 13.4. The first kappa shape index (κ1) is 28.3. The molecule has 3 N–H and O–H groups in total. The fourth-order valence-electron chi connectivity index (χ4n) is 3.52. The van der Waals surface area contributed by atoms with E-state index in [9.17, 15) is 20.1 Å². The van der Waals surface area contributed by atoms with Crippen molar-refractivity contribution in [2.45, 2.75) is 115 Å². The molecule has 0 bridgehead atoms. The highest BCUT2D eigenvalue weighted by Gasteiger charge is 2.43. The zero-order chi connectivity index (χ0) is 22.8. The summed E-state index contributed by atoms with van der Waals surface area (Å²) in [5, 5.41) is 29.9. The van der Waals surface area contributed by atoms with E-state index < -0.39 is 24.0 Å². The number of aliphatic hydroxyl groups is 3. The zero-order valence-corrected chi connectivity index (χ0v) is 19.3. The molecule has 0 aliphatic carbocycles. The smallest absolute Gasteiger partial charge is 0.369 e. The van der Waals surface area contributed by atoms with E-state index in [4.69, 9.17) is 19.2 Å². The van der Waals surface area contributed by atoms with E-state index in [1.807, 2.05) is 0 Å². The highest BCUT2D eigenvalue weighted by molar-refractivity contribution is 5.77. The minimum absolute atomic E-state index is 0.117. The molecule has 1 rings (SSSR count). The topological polar surface area (TPSA) is 115 Å². The van der Waals surface area contributed by atoms with Gasteiger partial charge in [-0.2, -0.15) is 0 Å².